The Hall–Kier alpha value is -4.13. The van der Waals surface area contributed by atoms with E-state index < -0.39 is 0 Å². The molecule has 1 aliphatic carbocycles. The number of rotatable bonds is 6. The van der Waals surface area contributed by atoms with Crippen LogP contribution in [-0.2, 0) is 28.8 Å². The first-order valence-corrected chi connectivity index (χ1v) is 13.4. The number of fused-ring (bicyclic) bond motifs is 2. The van der Waals surface area contributed by atoms with Crippen LogP contribution in [0.15, 0.2) is 30.9 Å². The van der Waals surface area contributed by atoms with Crippen molar-refractivity contribution in [1.82, 2.24) is 14.9 Å². The number of carbonyl (C=O) groups excluding carboxylic acids is 2. The summed E-state index contributed by atoms with van der Waals surface area (Å²) < 4.78 is 10.4. The highest BCUT2D eigenvalue weighted by Gasteiger charge is 2.35. The predicted molar refractivity (Wildman–Crippen MR) is 146 cm³/mol. The first kappa shape index (κ1) is 26.5. The highest BCUT2D eigenvalue weighted by atomic mass is 16.5. The molecule has 0 N–H and O–H groups in total. The van der Waals surface area contributed by atoms with E-state index in [1.54, 1.807) is 12.0 Å². The first-order chi connectivity index (χ1) is 19.0. The van der Waals surface area contributed by atoms with E-state index in [2.05, 4.69) is 22.4 Å². The van der Waals surface area contributed by atoms with E-state index in [4.69, 9.17) is 19.4 Å². The van der Waals surface area contributed by atoms with E-state index >= 15 is 0 Å². The summed E-state index contributed by atoms with van der Waals surface area (Å²) in [4.78, 5) is 40.3. The fourth-order valence-corrected chi connectivity index (χ4v) is 6.16. The summed E-state index contributed by atoms with van der Waals surface area (Å²) in [6.07, 6.45) is 6.04. The van der Waals surface area contributed by atoms with Crippen molar-refractivity contribution in [2.24, 2.45) is 0 Å². The van der Waals surface area contributed by atoms with Gasteiger partial charge in [-0.05, 0) is 55.5 Å². The van der Waals surface area contributed by atoms with Gasteiger partial charge in [0.25, 0.3) is 0 Å². The lowest BCUT2D eigenvalue weighted by Gasteiger charge is -2.43. The van der Waals surface area contributed by atoms with E-state index in [1.165, 1.54) is 24.4 Å². The Morgan fingerprint density at radius 1 is 1.21 bits per heavy atom. The van der Waals surface area contributed by atoms with Crippen molar-refractivity contribution in [3.8, 4) is 12.1 Å². The number of aryl methyl sites for hydroxylation is 1. The standard InChI is InChI=1S/C29H34N6O4/c1-4-26(36)35-15-14-33(18-22(35)11-12-30)27-23-9-8-21(17-24(23)31-29(32-27)39-3)34-13-5-6-19-16-20(28(37)38-2)7-10-25(19)34/h4,7,10,16,21-22H,1,5-6,8-9,11,13-15,17-18H2,2-3H3/t21?,22-/m0/s1. The van der Waals surface area contributed by atoms with Gasteiger partial charge in [-0.15, -0.1) is 0 Å². The Bertz CT molecular complexity index is 1320. The van der Waals surface area contributed by atoms with Crippen molar-refractivity contribution in [1.29, 1.82) is 5.26 Å². The van der Waals surface area contributed by atoms with Gasteiger partial charge in [-0.1, -0.05) is 6.58 Å². The predicted octanol–water partition coefficient (Wildman–Crippen LogP) is 2.70. The molecular weight excluding hydrogens is 496 g/mol. The van der Waals surface area contributed by atoms with Crippen LogP contribution in [0.25, 0.3) is 0 Å². The van der Waals surface area contributed by atoms with E-state index in [0.29, 0.717) is 31.2 Å². The lowest BCUT2D eigenvalue weighted by Crippen LogP contribution is -2.55. The van der Waals surface area contributed by atoms with Crippen molar-refractivity contribution in [2.75, 3.05) is 50.2 Å². The minimum absolute atomic E-state index is 0.152. The molecule has 1 aromatic carbocycles. The molecule has 2 aliphatic heterocycles. The Labute approximate surface area is 228 Å². The first-order valence-electron chi connectivity index (χ1n) is 13.4. The third kappa shape index (κ3) is 5.13. The topological polar surface area (TPSA) is 112 Å². The third-order valence-electron chi connectivity index (χ3n) is 8.05. The van der Waals surface area contributed by atoms with Gasteiger partial charge in [0.15, 0.2) is 0 Å². The Kier molecular flexibility index (Phi) is 7.68. The number of esters is 1. The molecule has 1 unspecified atom stereocenters. The summed E-state index contributed by atoms with van der Waals surface area (Å²) in [5.74, 6) is 0.371. The molecule has 0 spiro atoms. The molecule has 2 aromatic rings. The summed E-state index contributed by atoms with van der Waals surface area (Å²) >= 11 is 0. The molecular formula is C29H34N6O4. The number of ether oxygens (including phenoxy) is 2. The van der Waals surface area contributed by atoms with Gasteiger partial charge in [-0.2, -0.15) is 15.2 Å². The molecule has 39 heavy (non-hydrogen) atoms. The van der Waals surface area contributed by atoms with Crippen LogP contribution in [0.2, 0.25) is 0 Å². The smallest absolute Gasteiger partial charge is 0.337 e. The van der Waals surface area contributed by atoms with Gasteiger partial charge in [0.1, 0.15) is 5.82 Å². The summed E-state index contributed by atoms with van der Waals surface area (Å²) in [6.45, 7) is 6.20. The Morgan fingerprint density at radius 2 is 2.05 bits per heavy atom. The molecule has 0 saturated carbocycles. The van der Waals surface area contributed by atoms with E-state index in [9.17, 15) is 14.9 Å². The summed E-state index contributed by atoms with van der Waals surface area (Å²) in [6, 6.07) is 8.43. The molecule has 1 amide bonds. The number of nitriles is 1. The monoisotopic (exact) mass is 530 g/mol. The molecule has 0 bridgehead atoms. The maximum atomic E-state index is 12.4. The van der Waals surface area contributed by atoms with Crippen LogP contribution in [0.1, 0.15) is 46.4 Å². The number of carbonyl (C=O) groups is 2. The largest absolute Gasteiger partial charge is 0.467 e. The number of methoxy groups -OCH3 is 2. The van der Waals surface area contributed by atoms with Crippen LogP contribution >= 0.6 is 0 Å². The second kappa shape index (κ2) is 11.3. The van der Waals surface area contributed by atoms with Gasteiger partial charge < -0.3 is 24.2 Å². The van der Waals surface area contributed by atoms with Crippen molar-refractivity contribution >= 4 is 23.4 Å². The van der Waals surface area contributed by atoms with E-state index in [1.807, 2.05) is 18.2 Å². The maximum absolute atomic E-state index is 12.4. The lowest BCUT2D eigenvalue weighted by atomic mass is 9.88. The van der Waals surface area contributed by atoms with Crippen LogP contribution in [0.5, 0.6) is 6.01 Å². The van der Waals surface area contributed by atoms with Crippen molar-refractivity contribution in [3.05, 3.63) is 53.2 Å². The van der Waals surface area contributed by atoms with Gasteiger partial charge >= 0.3 is 12.0 Å². The molecule has 0 radical (unpaired) electrons. The maximum Gasteiger partial charge on any atom is 0.337 e. The van der Waals surface area contributed by atoms with Gasteiger partial charge in [0.05, 0.1) is 44.0 Å². The summed E-state index contributed by atoms with van der Waals surface area (Å²) in [5.41, 5.74) is 5.02. The third-order valence-corrected chi connectivity index (χ3v) is 8.05. The fourth-order valence-electron chi connectivity index (χ4n) is 6.16. The number of hydrogen-bond donors (Lipinski definition) is 0. The highest BCUT2D eigenvalue weighted by molar-refractivity contribution is 5.90. The Morgan fingerprint density at radius 3 is 2.79 bits per heavy atom. The molecule has 3 heterocycles. The Balaban J connectivity index is 1.41. The highest BCUT2D eigenvalue weighted by Crippen LogP contribution is 2.37. The quantitative estimate of drug-likeness (QED) is 0.411. The van der Waals surface area contributed by atoms with Crippen LogP contribution in [-0.4, -0.2) is 79.2 Å². The van der Waals surface area contributed by atoms with E-state index in [0.717, 1.165) is 55.7 Å². The zero-order valence-electron chi connectivity index (χ0n) is 22.6. The zero-order valence-corrected chi connectivity index (χ0v) is 22.6. The molecule has 5 rings (SSSR count). The number of nitrogens with zero attached hydrogens (tertiary/aromatic N) is 6. The molecule has 1 saturated heterocycles. The van der Waals surface area contributed by atoms with Crippen LogP contribution in [0.4, 0.5) is 11.5 Å². The summed E-state index contributed by atoms with van der Waals surface area (Å²) in [5, 5.41) is 9.39. The number of piperazine rings is 1. The van der Waals surface area contributed by atoms with E-state index in [-0.39, 0.29) is 30.4 Å². The van der Waals surface area contributed by atoms with Crippen molar-refractivity contribution < 1.29 is 19.1 Å². The molecule has 2 atom stereocenters. The molecule has 1 aromatic heterocycles. The van der Waals surface area contributed by atoms with Gasteiger partial charge in [0, 0.05) is 49.9 Å². The van der Waals surface area contributed by atoms with Gasteiger partial charge in [0.2, 0.25) is 5.91 Å². The normalized spacial score (nSPS) is 20.4. The van der Waals surface area contributed by atoms with Crippen LogP contribution in [0.3, 0.4) is 0 Å². The molecule has 204 valence electrons. The van der Waals surface area contributed by atoms with Gasteiger partial charge in [-0.25, -0.2) is 4.79 Å². The molecule has 3 aliphatic rings. The number of benzene rings is 1. The molecule has 10 heteroatoms. The number of anilines is 2. The minimum atomic E-state index is -0.315. The number of amides is 1. The van der Waals surface area contributed by atoms with Crippen molar-refractivity contribution in [3.63, 3.8) is 0 Å². The molecule has 10 nitrogen and oxygen atoms in total. The fraction of sp³-hybridized carbons (Fsp3) is 0.483. The summed E-state index contributed by atoms with van der Waals surface area (Å²) in [7, 11) is 2.98. The second-order valence-electron chi connectivity index (χ2n) is 10.2. The average molecular weight is 531 g/mol. The number of aromatic nitrogens is 2. The average Bonchev–Trinajstić information content (AvgIpc) is 2.98. The van der Waals surface area contributed by atoms with Crippen LogP contribution < -0.4 is 14.5 Å². The number of hydrogen-bond acceptors (Lipinski definition) is 9. The lowest BCUT2D eigenvalue weighted by molar-refractivity contribution is -0.128. The van der Waals surface area contributed by atoms with Gasteiger partial charge in [-0.3, -0.25) is 4.79 Å². The van der Waals surface area contributed by atoms with Crippen LogP contribution in [0, 0.1) is 11.3 Å². The van der Waals surface area contributed by atoms with Crippen molar-refractivity contribution in [2.45, 2.75) is 50.6 Å². The minimum Gasteiger partial charge on any atom is -0.467 e. The SMILES string of the molecule is C=CC(=O)N1CCN(c2nc(OC)nc3c2CCC(N2CCCc4cc(C(=O)OC)ccc42)C3)C[C@@H]1CC#N. The second-order valence-corrected chi connectivity index (χ2v) is 10.2. The molecule has 1 fully saturated rings. The zero-order chi connectivity index (χ0) is 27.5.